The summed E-state index contributed by atoms with van der Waals surface area (Å²) in [6, 6.07) is 27.7. The van der Waals surface area contributed by atoms with E-state index in [1.807, 2.05) is 73.4 Å². The van der Waals surface area contributed by atoms with E-state index in [0.29, 0.717) is 0 Å². The smallest absolute Gasteiger partial charge is 0.253 e. The van der Waals surface area contributed by atoms with E-state index in [2.05, 4.69) is 40.5 Å². The van der Waals surface area contributed by atoms with E-state index in [0.717, 1.165) is 39.5 Å². The number of amides is 1. The number of para-hydroxylation sites is 1. The summed E-state index contributed by atoms with van der Waals surface area (Å²) in [5.41, 5.74) is 6.71. The van der Waals surface area contributed by atoms with Crippen molar-refractivity contribution in [3.05, 3.63) is 90.5 Å². The van der Waals surface area contributed by atoms with Gasteiger partial charge in [0.25, 0.3) is 5.91 Å². The predicted octanol–water partition coefficient (Wildman–Crippen LogP) is 4.82. The third kappa shape index (κ3) is 3.05. The highest BCUT2D eigenvalue weighted by Gasteiger charge is 2.34. The molecule has 3 aromatic carbocycles. The molecule has 4 aromatic rings. The lowest BCUT2D eigenvalue weighted by Crippen LogP contribution is -2.21. The molecule has 1 atom stereocenters. The summed E-state index contributed by atoms with van der Waals surface area (Å²) < 4.78 is 1.86. The zero-order valence-corrected chi connectivity index (χ0v) is 16.9. The first kappa shape index (κ1) is 18.2. The second-order valence-electron chi connectivity index (χ2n) is 7.65. The largest absolute Gasteiger partial charge is 0.378 e. The molecule has 1 N–H and O–H groups in total. The topological polar surface area (TPSA) is 50.2 Å². The Kier molecular flexibility index (Phi) is 4.36. The lowest BCUT2D eigenvalue weighted by atomic mass is 10.1. The van der Waals surface area contributed by atoms with Crippen LogP contribution in [-0.2, 0) is 4.79 Å². The second-order valence-corrected chi connectivity index (χ2v) is 7.65. The van der Waals surface area contributed by atoms with Crippen LogP contribution in [0.1, 0.15) is 11.6 Å². The Hall–Kier alpha value is -3.86. The number of carbonyl (C=O) groups is 1. The normalized spacial score (nSPS) is 15.0. The number of nitrogens with zero attached hydrogens (tertiary/aromatic N) is 3. The molecule has 5 heteroatoms. The molecule has 5 nitrogen and oxygen atoms in total. The summed E-state index contributed by atoms with van der Waals surface area (Å²) in [5.74, 6) is -0.0647. The van der Waals surface area contributed by atoms with Gasteiger partial charge in [0, 0.05) is 36.6 Å². The van der Waals surface area contributed by atoms with E-state index in [9.17, 15) is 4.79 Å². The number of rotatable bonds is 4. The van der Waals surface area contributed by atoms with E-state index in [1.165, 1.54) is 0 Å². The van der Waals surface area contributed by atoms with Gasteiger partial charge in [-0.05, 0) is 29.8 Å². The van der Waals surface area contributed by atoms with Crippen LogP contribution in [-0.4, -0.2) is 29.8 Å². The number of anilines is 2. The van der Waals surface area contributed by atoms with Crippen LogP contribution in [0, 0.1) is 0 Å². The molecular weight excluding hydrogens is 372 g/mol. The fourth-order valence-corrected chi connectivity index (χ4v) is 3.92. The molecule has 0 saturated heterocycles. The molecular formula is C25H22N4O. The summed E-state index contributed by atoms with van der Waals surface area (Å²) in [6.45, 7) is 0. The van der Waals surface area contributed by atoms with Gasteiger partial charge in [-0.25, -0.2) is 4.68 Å². The molecule has 0 saturated carbocycles. The van der Waals surface area contributed by atoms with Crippen LogP contribution in [0.25, 0.3) is 22.5 Å². The summed E-state index contributed by atoms with van der Waals surface area (Å²) in [6.07, 6.45) is 0. The SMILES string of the molecule is CN(C)c1ccc(-c2cc(-c3ccccc3)nn2[C@@H]2C(=O)Nc3ccccc32)cc1. The maximum absolute atomic E-state index is 12.9. The lowest BCUT2D eigenvalue weighted by molar-refractivity contribution is -0.117. The molecule has 148 valence electrons. The first-order valence-electron chi connectivity index (χ1n) is 9.94. The van der Waals surface area contributed by atoms with Gasteiger partial charge in [-0.1, -0.05) is 60.7 Å². The lowest BCUT2D eigenvalue weighted by Gasteiger charge is -2.15. The van der Waals surface area contributed by atoms with Crippen molar-refractivity contribution in [3.8, 4) is 22.5 Å². The molecule has 0 spiro atoms. The van der Waals surface area contributed by atoms with Crippen LogP contribution >= 0.6 is 0 Å². The third-order valence-corrected chi connectivity index (χ3v) is 5.49. The maximum atomic E-state index is 12.9. The van der Waals surface area contributed by atoms with Crippen molar-refractivity contribution >= 4 is 17.3 Å². The third-order valence-electron chi connectivity index (χ3n) is 5.49. The van der Waals surface area contributed by atoms with Gasteiger partial charge >= 0.3 is 0 Å². The standard InChI is InChI=1S/C25H22N4O/c1-28(2)19-14-12-18(13-15-19)23-16-22(17-8-4-3-5-9-17)27-29(23)24-20-10-6-7-11-21(20)26-25(24)30/h3-16,24H,1-2H3,(H,26,30)/t24-/m0/s1. The van der Waals surface area contributed by atoms with E-state index in [-0.39, 0.29) is 5.91 Å². The molecule has 2 heterocycles. The minimum atomic E-state index is -0.498. The zero-order chi connectivity index (χ0) is 20.7. The van der Waals surface area contributed by atoms with Crippen molar-refractivity contribution in [2.75, 3.05) is 24.3 Å². The van der Waals surface area contributed by atoms with Gasteiger partial charge in [0.1, 0.15) is 0 Å². The number of hydrogen-bond acceptors (Lipinski definition) is 3. The Morgan fingerprint density at radius 3 is 2.30 bits per heavy atom. The van der Waals surface area contributed by atoms with Gasteiger partial charge in [0.15, 0.2) is 6.04 Å². The van der Waals surface area contributed by atoms with E-state index in [1.54, 1.807) is 0 Å². The van der Waals surface area contributed by atoms with Gasteiger partial charge in [-0.15, -0.1) is 0 Å². The molecule has 5 rings (SSSR count). The Morgan fingerprint density at radius 2 is 1.57 bits per heavy atom. The Balaban J connectivity index is 1.68. The highest BCUT2D eigenvalue weighted by Crippen LogP contribution is 2.37. The second kappa shape index (κ2) is 7.19. The first-order valence-corrected chi connectivity index (χ1v) is 9.94. The Bertz CT molecular complexity index is 1210. The van der Waals surface area contributed by atoms with Crippen molar-refractivity contribution in [2.45, 2.75) is 6.04 Å². The predicted molar refractivity (Wildman–Crippen MR) is 121 cm³/mol. The highest BCUT2D eigenvalue weighted by atomic mass is 16.2. The number of aromatic nitrogens is 2. The fraction of sp³-hybridized carbons (Fsp3) is 0.120. The van der Waals surface area contributed by atoms with Gasteiger partial charge in [0.05, 0.1) is 11.4 Å². The average molecular weight is 394 g/mol. The highest BCUT2D eigenvalue weighted by molar-refractivity contribution is 6.03. The molecule has 1 aromatic heterocycles. The van der Waals surface area contributed by atoms with Gasteiger partial charge < -0.3 is 10.2 Å². The van der Waals surface area contributed by atoms with Crippen LogP contribution in [0.15, 0.2) is 84.9 Å². The van der Waals surface area contributed by atoms with Crippen LogP contribution in [0.4, 0.5) is 11.4 Å². The van der Waals surface area contributed by atoms with Crippen LogP contribution < -0.4 is 10.2 Å². The monoisotopic (exact) mass is 394 g/mol. The first-order chi connectivity index (χ1) is 14.6. The Morgan fingerprint density at radius 1 is 0.867 bits per heavy atom. The molecule has 1 aliphatic rings. The molecule has 0 unspecified atom stereocenters. The van der Waals surface area contributed by atoms with E-state index in [4.69, 9.17) is 5.10 Å². The van der Waals surface area contributed by atoms with Crippen molar-refractivity contribution in [3.63, 3.8) is 0 Å². The number of benzene rings is 3. The molecule has 0 radical (unpaired) electrons. The Labute approximate surface area is 175 Å². The minimum absolute atomic E-state index is 0.0647. The zero-order valence-electron chi connectivity index (χ0n) is 16.9. The van der Waals surface area contributed by atoms with Crippen molar-refractivity contribution in [2.24, 2.45) is 0 Å². The summed E-state index contributed by atoms with van der Waals surface area (Å²) in [7, 11) is 4.04. The maximum Gasteiger partial charge on any atom is 0.253 e. The van der Waals surface area contributed by atoms with Crippen molar-refractivity contribution in [1.82, 2.24) is 9.78 Å². The molecule has 1 amide bonds. The number of fused-ring (bicyclic) bond motifs is 1. The summed E-state index contributed by atoms with van der Waals surface area (Å²) >= 11 is 0. The summed E-state index contributed by atoms with van der Waals surface area (Å²) in [4.78, 5) is 15.0. The van der Waals surface area contributed by atoms with Gasteiger partial charge in [0.2, 0.25) is 0 Å². The molecule has 0 bridgehead atoms. The fourth-order valence-electron chi connectivity index (χ4n) is 3.92. The molecule has 0 fully saturated rings. The average Bonchev–Trinajstić information content (AvgIpc) is 3.34. The van der Waals surface area contributed by atoms with Crippen LogP contribution in [0.3, 0.4) is 0 Å². The van der Waals surface area contributed by atoms with Gasteiger partial charge in [-0.2, -0.15) is 5.10 Å². The van der Waals surface area contributed by atoms with Crippen LogP contribution in [0.2, 0.25) is 0 Å². The van der Waals surface area contributed by atoms with Gasteiger partial charge in [-0.3, -0.25) is 4.79 Å². The minimum Gasteiger partial charge on any atom is -0.378 e. The number of carbonyl (C=O) groups excluding carboxylic acids is 1. The van der Waals surface area contributed by atoms with E-state index >= 15 is 0 Å². The number of hydrogen-bond donors (Lipinski definition) is 1. The van der Waals surface area contributed by atoms with E-state index < -0.39 is 6.04 Å². The summed E-state index contributed by atoms with van der Waals surface area (Å²) in [5, 5.41) is 7.88. The molecule has 1 aliphatic heterocycles. The molecule has 0 aliphatic carbocycles. The quantitative estimate of drug-likeness (QED) is 0.540. The van der Waals surface area contributed by atoms with Crippen molar-refractivity contribution in [1.29, 1.82) is 0 Å². The van der Waals surface area contributed by atoms with Crippen molar-refractivity contribution < 1.29 is 4.79 Å². The number of nitrogens with one attached hydrogen (secondary N) is 1. The van der Waals surface area contributed by atoms with Crippen LogP contribution in [0.5, 0.6) is 0 Å². The molecule has 30 heavy (non-hydrogen) atoms.